The van der Waals surface area contributed by atoms with Gasteiger partial charge in [0.05, 0.1) is 35.3 Å². The Morgan fingerprint density at radius 1 is 1.17 bits per heavy atom. The van der Waals surface area contributed by atoms with Crippen molar-refractivity contribution in [2.45, 2.75) is 24.0 Å². The first-order chi connectivity index (χ1) is 11.5. The molecule has 3 rings (SSSR count). The molecule has 0 aromatic heterocycles. The van der Waals surface area contributed by atoms with Gasteiger partial charge >= 0.3 is 0 Å². The van der Waals surface area contributed by atoms with Gasteiger partial charge in [-0.2, -0.15) is 9.57 Å². The Labute approximate surface area is 142 Å². The third kappa shape index (κ3) is 3.20. The number of sulfonamides is 1. The first kappa shape index (κ1) is 16.7. The fourth-order valence-electron chi connectivity index (χ4n) is 2.84. The topological polar surface area (TPSA) is 70.4 Å². The van der Waals surface area contributed by atoms with Gasteiger partial charge in [0.15, 0.2) is 0 Å². The highest BCUT2D eigenvalue weighted by atomic mass is 32.2. The van der Waals surface area contributed by atoms with Gasteiger partial charge < -0.3 is 4.74 Å². The minimum atomic E-state index is -3.72. The van der Waals surface area contributed by atoms with Crippen molar-refractivity contribution in [2.75, 3.05) is 13.2 Å². The quantitative estimate of drug-likeness (QED) is 0.860. The molecule has 2 aromatic carbocycles. The lowest BCUT2D eigenvalue weighted by atomic mass is 10.1. The van der Waals surface area contributed by atoms with Crippen LogP contribution >= 0.6 is 0 Å². The standard InChI is InChI=1S/C18H18N2O3S/c1-14-12-20(18(13-23-14)16-7-3-2-4-8-16)24(21,22)17-9-5-6-15(10-17)11-19/h2-10,14,18H,12-13H2,1H3/t14-,18+/m0/s1. The van der Waals surface area contributed by atoms with Crippen LogP contribution in [0, 0.1) is 11.3 Å². The van der Waals surface area contributed by atoms with Crippen LogP contribution in [0.25, 0.3) is 0 Å². The average molecular weight is 342 g/mol. The van der Waals surface area contributed by atoms with Gasteiger partial charge in [-0.1, -0.05) is 36.4 Å². The Bertz CT molecular complexity index is 859. The van der Waals surface area contributed by atoms with E-state index in [1.54, 1.807) is 12.1 Å². The van der Waals surface area contributed by atoms with E-state index < -0.39 is 10.0 Å². The molecule has 1 heterocycles. The van der Waals surface area contributed by atoms with Crippen LogP contribution in [-0.4, -0.2) is 32.0 Å². The molecule has 2 aromatic rings. The van der Waals surface area contributed by atoms with Crippen molar-refractivity contribution in [2.24, 2.45) is 0 Å². The first-order valence-electron chi connectivity index (χ1n) is 7.71. The Balaban J connectivity index is 2.03. The molecule has 0 saturated carbocycles. The van der Waals surface area contributed by atoms with Crippen molar-refractivity contribution in [3.8, 4) is 6.07 Å². The summed E-state index contributed by atoms with van der Waals surface area (Å²) in [6.07, 6.45) is -0.182. The zero-order valence-electron chi connectivity index (χ0n) is 13.3. The molecule has 1 saturated heterocycles. The summed E-state index contributed by atoms with van der Waals surface area (Å²) in [4.78, 5) is 0.136. The minimum absolute atomic E-state index is 0.136. The van der Waals surface area contributed by atoms with Gasteiger partial charge in [-0.3, -0.25) is 0 Å². The Morgan fingerprint density at radius 3 is 2.62 bits per heavy atom. The van der Waals surface area contributed by atoms with Crippen LogP contribution in [0.5, 0.6) is 0 Å². The van der Waals surface area contributed by atoms with Crippen LogP contribution in [0.4, 0.5) is 0 Å². The Hall–Kier alpha value is -2.20. The summed E-state index contributed by atoms with van der Waals surface area (Å²) in [5.41, 5.74) is 1.22. The zero-order valence-corrected chi connectivity index (χ0v) is 14.1. The van der Waals surface area contributed by atoms with Crippen LogP contribution < -0.4 is 0 Å². The van der Waals surface area contributed by atoms with Gasteiger partial charge in [0, 0.05) is 6.54 Å². The Kier molecular flexibility index (Phi) is 4.67. The fourth-order valence-corrected chi connectivity index (χ4v) is 4.56. The van der Waals surface area contributed by atoms with Gasteiger partial charge in [-0.25, -0.2) is 8.42 Å². The van der Waals surface area contributed by atoms with Crippen LogP contribution in [0.1, 0.15) is 24.1 Å². The number of nitriles is 1. The van der Waals surface area contributed by atoms with Crippen molar-refractivity contribution in [1.82, 2.24) is 4.31 Å². The molecule has 0 bridgehead atoms. The van der Waals surface area contributed by atoms with Gasteiger partial charge in [-0.15, -0.1) is 0 Å². The first-order valence-corrected chi connectivity index (χ1v) is 9.15. The zero-order chi connectivity index (χ0) is 17.2. The average Bonchev–Trinajstić information content (AvgIpc) is 2.62. The summed E-state index contributed by atoms with van der Waals surface area (Å²) in [6, 6.07) is 17.2. The highest BCUT2D eigenvalue weighted by molar-refractivity contribution is 7.89. The van der Waals surface area contributed by atoms with Crippen molar-refractivity contribution in [1.29, 1.82) is 5.26 Å². The highest BCUT2D eigenvalue weighted by Crippen LogP contribution is 2.32. The molecule has 6 heteroatoms. The minimum Gasteiger partial charge on any atom is -0.375 e. The van der Waals surface area contributed by atoms with E-state index in [0.717, 1.165) is 5.56 Å². The molecule has 1 aliphatic rings. The summed E-state index contributed by atoms with van der Waals surface area (Å²) < 4.78 is 33.5. The summed E-state index contributed by atoms with van der Waals surface area (Å²) in [5.74, 6) is 0. The molecule has 0 spiro atoms. The number of rotatable bonds is 3. The largest absolute Gasteiger partial charge is 0.375 e. The maximum absolute atomic E-state index is 13.1. The van der Waals surface area contributed by atoms with E-state index in [2.05, 4.69) is 0 Å². The molecule has 5 nitrogen and oxygen atoms in total. The number of hydrogen-bond donors (Lipinski definition) is 0. The lowest BCUT2D eigenvalue weighted by Crippen LogP contribution is -2.46. The number of benzene rings is 2. The smallest absolute Gasteiger partial charge is 0.243 e. The van der Waals surface area contributed by atoms with Gasteiger partial charge in [0.2, 0.25) is 10.0 Å². The number of ether oxygens (including phenoxy) is 1. The van der Waals surface area contributed by atoms with E-state index in [0.29, 0.717) is 12.2 Å². The molecule has 24 heavy (non-hydrogen) atoms. The highest BCUT2D eigenvalue weighted by Gasteiger charge is 2.37. The van der Waals surface area contributed by atoms with Crippen molar-refractivity contribution >= 4 is 10.0 Å². The number of nitrogens with zero attached hydrogens (tertiary/aromatic N) is 2. The van der Waals surface area contributed by atoms with Crippen LogP contribution in [-0.2, 0) is 14.8 Å². The van der Waals surface area contributed by atoms with Gasteiger partial charge in [0.25, 0.3) is 0 Å². The molecule has 0 amide bonds. The van der Waals surface area contributed by atoms with E-state index in [-0.39, 0.29) is 23.6 Å². The molecule has 0 radical (unpaired) electrons. The SMILES string of the molecule is C[C@H]1CN(S(=O)(=O)c2cccc(C#N)c2)[C@@H](c2ccccc2)CO1. The van der Waals surface area contributed by atoms with E-state index in [4.69, 9.17) is 10.00 Å². The summed E-state index contributed by atoms with van der Waals surface area (Å²) in [7, 11) is -3.72. The maximum Gasteiger partial charge on any atom is 0.243 e. The molecule has 1 fully saturated rings. The van der Waals surface area contributed by atoms with Gasteiger partial charge in [-0.05, 0) is 30.7 Å². The number of morpholine rings is 1. The van der Waals surface area contributed by atoms with Crippen LogP contribution in [0.15, 0.2) is 59.5 Å². The summed E-state index contributed by atoms with van der Waals surface area (Å²) in [6.45, 7) is 2.44. The monoisotopic (exact) mass is 342 g/mol. The third-order valence-electron chi connectivity index (χ3n) is 4.08. The molecule has 1 aliphatic heterocycles. The summed E-state index contributed by atoms with van der Waals surface area (Å²) in [5, 5.41) is 9.03. The molecular weight excluding hydrogens is 324 g/mol. The second kappa shape index (κ2) is 6.73. The van der Waals surface area contributed by atoms with Crippen molar-refractivity contribution in [3.05, 3.63) is 65.7 Å². The predicted molar refractivity (Wildman–Crippen MR) is 89.6 cm³/mol. The third-order valence-corrected chi connectivity index (χ3v) is 5.95. The van der Waals surface area contributed by atoms with Crippen molar-refractivity contribution in [3.63, 3.8) is 0 Å². The second-order valence-electron chi connectivity index (χ2n) is 5.78. The molecule has 124 valence electrons. The molecule has 2 atom stereocenters. The normalized spacial score (nSPS) is 22.0. The van der Waals surface area contributed by atoms with Crippen LogP contribution in [0.2, 0.25) is 0 Å². The van der Waals surface area contributed by atoms with Gasteiger partial charge in [0.1, 0.15) is 0 Å². The van der Waals surface area contributed by atoms with Crippen molar-refractivity contribution < 1.29 is 13.2 Å². The number of hydrogen-bond acceptors (Lipinski definition) is 4. The fraction of sp³-hybridized carbons (Fsp3) is 0.278. The lowest BCUT2D eigenvalue weighted by molar-refractivity contribution is -0.0231. The van der Waals surface area contributed by atoms with E-state index >= 15 is 0 Å². The second-order valence-corrected chi connectivity index (χ2v) is 7.68. The molecule has 0 unspecified atom stereocenters. The molecule has 0 N–H and O–H groups in total. The van der Waals surface area contributed by atoms with E-state index in [9.17, 15) is 8.42 Å². The Morgan fingerprint density at radius 2 is 1.92 bits per heavy atom. The lowest BCUT2D eigenvalue weighted by Gasteiger charge is -2.37. The molecular formula is C18H18N2O3S. The van der Waals surface area contributed by atoms with E-state index in [1.807, 2.05) is 43.3 Å². The predicted octanol–water partition coefficient (Wildman–Crippen LogP) is 2.71. The van der Waals surface area contributed by atoms with E-state index in [1.165, 1.54) is 16.4 Å². The van der Waals surface area contributed by atoms with Crippen LogP contribution in [0.3, 0.4) is 0 Å². The molecule has 0 aliphatic carbocycles. The summed E-state index contributed by atoms with van der Waals surface area (Å²) >= 11 is 0. The maximum atomic E-state index is 13.1.